The van der Waals surface area contributed by atoms with Crippen LogP contribution < -0.4 is 0 Å². The van der Waals surface area contributed by atoms with E-state index in [1.165, 1.54) is 6.92 Å². The summed E-state index contributed by atoms with van der Waals surface area (Å²) in [4.78, 5) is 9.83. The maximum atomic E-state index is 9.83. The third-order valence-corrected chi connectivity index (χ3v) is 0.367. The van der Waals surface area contributed by atoms with E-state index in [1.807, 2.05) is 0 Å². The molecular weight excluding hydrogens is 103 g/mol. The average molecular weight is 109 g/mol. The Kier molecular flexibility index (Phi) is 3.08. The molecule has 0 aromatic heterocycles. The molecule has 0 saturated carbocycles. The first-order chi connectivity index (χ1) is 2.77. The van der Waals surface area contributed by atoms with E-state index in [0.717, 1.165) is 0 Å². The SMILES string of the molecule is CC(=O)COCl. The monoisotopic (exact) mass is 108 g/mol. The highest BCUT2D eigenvalue weighted by Gasteiger charge is 1.85. The molecule has 0 aromatic carbocycles. The lowest BCUT2D eigenvalue weighted by Crippen LogP contribution is -1.95. The van der Waals surface area contributed by atoms with Gasteiger partial charge in [-0.25, -0.2) is 0 Å². The summed E-state index contributed by atoms with van der Waals surface area (Å²) in [6.07, 6.45) is 0. The van der Waals surface area contributed by atoms with Crippen LogP contribution in [0.15, 0.2) is 0 Å². The fourth-order valence-electron chi connectivity index (χ4n) is 0.0768. The molecule has 0 amide bonds. The summed E-state index contributed by atoms with van der Waals surface area (Å²) >= 11 is 4.68. The average Bonchev–Trinajstić information content (AvgIpc) is 1.35. The predicted octanol–water partition coefficient (Wildman–Crippen LogP) is 0.746. The van der Waals surface area contributed by atoms with Crippen molar-refractivity contribution >= 4 is 17.6 Å². The fraction of sp³-hybridized carbons (Fsp3) is 0.667. The maximum absolute atomic E-state index is 9.83. The fourth-order valence-corrected chi connectivity index (χ4v) is 0.230. The zero-order valence-electron chi connectivity index (χ0n) is 3.40. The second kappa shape index (κ2) is 3.12. The molecule has 2 nitrogen and oxygen atoms in total. The summed E-state index contributed by atoms with van der Waals surface area (Å²) in [7, 11) is 0. The van der Waals surface area contributed by atoms with Crippen LogP contribution in [0.2, 0.25) is 0 Å². The van der Waals surface area contributed by atoms with Crippen molar-refractivity contribution < 1.29 is 9.08 Å². The van der Waals surface area contributed by atoms with Gasteiger partial charge in [-0.05, 0) is 6.92 Å². The number of carbonyl (C=O) groups excluding carboxylic acids is 1. The summed E-state index contributed by atoms with van der Waals surface area (Å²) in [5.41, 5.74) is 0. The molecule has 0 N–H and O–H groups in total. The Bertz CT molecular complexity index is 52.8. The van der Waals surface area contributed by atoms with Gasteiger partial charge in [0.25, 0.3) is 0 Å². The molecule has 36 valence electrons. The van der Waals surface area contributed by atoms with Crippen LogP contribution in [0.3, 0.4) is 0 Å². The van der Waals surface area contributed by atoms with Crippen molar-refractivity contribution in [1.29, 1.82) is 0 Å². The molecule has 3 heteroatoms. The van der Waals surface area contributed by atoms with Gasteiger partial charge in [0.1, 0.15) is 6.61 Å². The molecule has 0 rings (SSSR count). The Labute approximate surface area is 41.2 Å². The third-order valence-electron chi connectivity index (χ3n) is 0.258. The van der Waals surface area contributed by atoms with Crippen molar-refractivity contribution in [2.75, 3.05) is 6.61 Å². The minimum absolute atomic E-state index is 0.00154. The van der Waals surface area contributed by atoms with Crippen molar-refractivity contribution in [3.8, 4) is 0 Å². The second-order valence-corrected chi connectivity index (χ2v) is 1.17. The third kappa shape index (κ3) is 3.92. The van der Waals surface area contributed by atoms with Crippen LogP contribution in [0.5, 0.6) is 0 Å². The predicted molar refractivity (Wildman–Crippen MR) is 22.5 cm³/mol. The van der Waals surface area contributed by atoms with Gasteiger partial charge >= 0.3 is 0 Å². The summed E-state index contributed by atoms with van der Waals surface area (Å²) in [5, 5.41) is 0. The first-order valence-electron chi connectivity index (χ1n) is 1.50. The van der Waals surface area contributed by atoms with E-state index >= 15 is 0 Å². The van der Waals surface area contributed by atoms with Crippen LogP contribution in [0, 0.1) is 0 Å². The number of carbonyl (C=O) groups is 1. The standard InChI is InChI=1S/C3H5ClO2/c1-3(5)2-6-4/h2H2,1H3. The highest BCUT2D eigenvalue weighted by Crippen LogP contribution is 1.77. The molecule has 0 aliphatic carbocycles. The van der Waals surface area contributed by atoms with Gasteiger partial charge in [-0.1, -0.05) is 0 Å². The van der Waals surface area contributed by atoms with Gasteiger partial charge in [-0.15, -0.1) is 0 Å². The summed E-state index contributed by atoms with van der Waals surface area (Å²) in [6.45, 7) is 1.41. The molecule has 6 heavy (non-hydrogen) atoms. The summed E-state index contributed by atoms with van der Waals surface area (Å²) < 4.78 is 3.93. The van der Waals surface area contributed by atoms with Gasteiger partial charge < -0.3 is 0 Å². The van der Waals surface area contributed by atoms with Crippen LogP contribution in [0.4, 0.5) is 0 Å². The summed E-state index contributed by atoms with van der Waals surface area (Å²) in [6, 6.07) is 0. The first-order valence-corrected chi connectivity index (χ1v) is 1.81. The maximum Gasteiger partial charge on any atom is 0.157 e. The lowest BCUT2D eigenvalue weighted by molar-refractivity contribution is -0.118. The molecular formula is C3H5ClO2. The van der Waals surface area contributed by atoms with Crippen molar-refractivity contribution in [1.82, 2.24) is 0 Å². The lowest BCUT2D eigenvalue weighted by atomic mass is 10.5. The number of Topliss-reactive ketones (excluding diaryl/α,β-unsaturated/α-hetero) is 1. The normalized spacial score (nSPS) is 8.33. The Hall–Kier alpha value is -0.0800. The van der Waals surface area contributed by atoms with Gasteiger partial charge in [0.2, 0.25) is 0 Å². The Balaban J connectivity index is 2.83. The Morgan fingerprint density at radius 2 is 2.50 bits per heavy atom. The quantitative estimate of drug-likeness (QED) is 0.522. The van der Waals surface area contributed by atoms with E-state index < -0.39 is 0 Å². The van der Waals surface area contributed by atoms with Crippen LogP contribution in [-0.4, -0.2) is 12.4 Å². The van der Waals surface area contributed by atoms with E-state index in [-0.39, 0.29) is 12.4 Å². The number of halogens is 1. The van der Waals surface area contributed by atoms with E-state index in [0.29, 0.717) is 0 Å². The Morgan fingerprint density at radius 1 is 2.00 bits per heavy atom. The molecule has 0 fully saturated rings. The highest BCUT2D eigenvalue weighted by atomic mass is 35.5. The van der Waals surface area contributed by atoms with Crippen LogP contribution in [0.25, 0.3) is 0 Å². The molecule has 0 atom stereocenters. The van der Waals surface area contributed by atoms with Gasteiger partial charge in [0, 0.05) is 0 Å². The van der Waals surface area contributed by atoms with Gasteiger partial charge in [0.15, 0.2) is 5.78 Å². The summed E-state index contributed by atoms with van der Waals surface area (Å²) in [5.74, 6) is -0.0648. The second-order valence-electron chi connectivity index (χ2n) is 0.955. The largest absolute Gasteiger partial charge is 0.297 e. The molecule has 0 heterocycles. The lowest BCUT2D eigenvalue weighted by Gasteiger charge is -1.80. The number of hydrogen-bond donors (Lipinski definition) is 0. The topological polar surface area (TPSA) is 26.3 Å². The first kappa shape index (κ1) is 5.92. The molecule has 0 spiro atoms. The molecule has 0 radical (unpaired) electrons. The minimum atomic E-state index is -0.0648. The van der Waals surface area contributed by atoms with E-state index in [4.69, 9.17) is 0 Å². The molecule has 0 aliphatic rings. The minimum Gasteiger partial charge on any atom is -0.297 e. The molecule has 0 unspecified atom stereocenters. The van der Waals surface area contributed by atoms with Crippen molar-refractivity contribution in [2.24, 2.45) is 0 Å². The van der Waals surface area contributed by atoms with Crippen LogP contribution >= 0.6 is 11.9 Å². The van der Waals surface area contributed by atoms with Crippen LogP contribution in [0.1, 0.15) is 6.92 Å². The number of rotatable bonds is 2. The van der Waals surface area contributed by atoms with Crippen molar-refractivity contribution in [3.05, 3.63) is 0 Å². The van der Waals surface area contributed by atoms with E-state index in [2.05, 4.69) is 16.2 Å². The number of ketones is 1. The number of hydrogen-bond acceptors (Lipinski definition) is 2. The molecule has 0 aromatic rings. The molecule has 0 bridgehead atoms. The molecule has 0 saturated heterocycles. The van der Waals surface area contributed by atoms with Gasteiger partial charge in [-0.2, -0.15) is 0 Å². The Morgan fingerprint density at radius 3 is 2.50 bits per heavy atom. The zero-order chi connectivity index (χ0) is 4.99. The van der Waals surface area contributed by atoms with Crippen LogP contribution in [-0.2, 0) is 9.08 Å². The van der Waals surface area contributed by atoms with E-state index in [9.17, 15) is 4.79 Å². The molecule has 0 aliphatic heterocycles. The van der Waals surface area contributed by atoms with E-state index in [1.54, 1.807) is 0 Å². The van der Waals surface area contributed by atoms with Gasteiger partial charge in [-0.3, -0.25) is 9.08 Å². The zero-order valence-corrected chi connectivity index (χ0v) is 4.16. The van der Waals surface area contributed by atoms with Crippen molar-refractivity contribution in [3.63, 3.8) is 0 Å². The van der Waals surface area contributed by atoms with Gasteiger partial charge in [0.05, 0.1) is 11.9 Å². The smallest absolute Gasteiger partial charge is 0.157 e. The van der Waals surface area contributed by atoms with Crippen molar-refractivity contribution in [2.45, 2.75) is 6.92 Å². The highest BCUT2D eigenvalue weighted by molar-refractivity contribution is 6.08.